The molecular formula is C35H36N2. The third-order valence-corrected chi connectivity index (χ3v) is 7.00. The summed E-state index contributed by atoms with van der Waals surface area (Å²) in [6.45, 7) is 8.92. The van der Waals surface area contributed by atoms with Crippen LogP contribution < -0.4 is 9.80 Å². The van der Waals surface area contributed by atoms with Gasteiger partial charge in [0.25, 0.3) is 0 Å². The van der Waals surface area contributed by atoms with Crippen LogP contribution in [-0.2, 0) is 5.41 Å². The fraction of sp³-hybridized carbons (Fsp3) is 0.200. The maximum absolute atomic E-state index is 2.45. The summed E-state index contributed by atoms with van der Waals surface area (Å²) in [7, 11) is 0. The largest absolute Gasteiger partial charge is 0.334 e. The third-order valence-electron chi connectivity index (χ3n) is 7.00. The monoisotopic (exact) mass is 484 g/mol. The summed E-state index contributed by atoms with van der Waals surface area (Å²) in [5, 5.41) is 0. The second-order valence-electron chi connectivity index (χ2n) is 10.8. The van der Waals surface area contributed by atoms with Crippen molar-refractivity contribution in [1.82, 2.24) is 0 Å². The van der Waals surface area contributed by atoms with Crippen molar-refractivity contribution < 1.29 is 0 Å². The van der Waals surface area contributed by atoms with Gasteiger partial charge in [0.15, 0.2) is 0 Å². The first-order chi connectivity index (χ1) is 17.9. The van der Waals surface area contributed by atoms with Gasteiger partial charge in [-0.3, -0.25) is 0 Å². The van der Waals surface area contributed by atoms with E-state index in [1.54, 1.807) is 0 Å². The zero-order valence-corrected chi connectivity index (χ0v) is 22.3. The van der Waals surface area contributed by atoms with Crippen LogP contribution in [-0.4, -0.2) is 6.04 Å². The van der Waals surface area contributed by atoms with Crippen LogP contribution in [0.15, 0.2) is 133 Å². The summed E-state index contributed by atoms with van der Waals surface area (Å²) in [6, 6.07) is 39.4. The Bertz CT molecular complexity index is 1360. The number of hydrogen-bond acceptors (Lipinski definition) is 2. The summed E-state index contributed by atoms with van der Waals surface area (Å²) < 4.78 is 0. The topological polar surface area (TPSA) is 6.48 Å². The molecule has 37 heavy (non-hydrogen) atoms. The van der Waals surface area contributed by atoms with Gasteiger partial charge >= 0.3 is 0 Å². The van der Waals surface area contributed by atoms with Gasteiger partial charge in [-0.1, -0.05) is 99.2 Å². The van der Waals surface area contributed by atoms with E-state index >= 15 is 0 Å². The van der Waals surface area contributed by atoms with E-state index in [0.717, 1.165) is 6.42 Å². The van der Waals surface area contributed by atoms with Crippen molar-refractivity contribution >= 4 is 22.7 Å². The van der Waals surface area contributed by atoms with Crippen LogP contribution in [0.25, 0.3) is 0 Å². The van der Waals surface area contributed by atoms with E-state index in [-0.39, 0.29) is 11.5 Å². The number of anilines is 4. The molecule has 186 valence electrons. The summed E-state index contributed by atoms with van der Waals surface area (Å²) in [5.41, 5.74) is 8.70. The van der Waals surface area contributed by atoms with Gasteiger partial charge in [-0.25, -0.2) is 0 Å². The highest BCUT2D eigenvalue weighted by Crippen LogP contribution is 2.36. The zero-order valence-electron chi connectivity index (χ0n) is 22.3. The average Bonchev–Trinajstić information content (AvgIpc) is 2.92. The van der Waals surface area contributed by atoms with Gasteiger partial charge in [0, 0.05) is 28.4 Å². The van der Waals surface area contributed by atoms with Crippen LogP contribution in [0.3, 0.4) is 0 Å². The first-order valence-electron chi connectivity index (χ1n) is 13.2. The molecule has 0 bridgehead atoms. The zero-order chi connectivity index (χ0) is 25.8. The van der Waals surface area contributed by atoms with Crippen LogP contribution in [0.5, 0.6) is 0 Å². The molecule has 0 saturated heterocycles. The Morgan fingerprint density at radius 2 is 1.14 bits per heavy atom. The van der Waals surface area contributed by atoms with Gasteiger partial charge in [0.05, 0.1) is 6.04 Å². The second kappa shape index (κ2) is 10.5. The third kappa shape index (κ3) is 5.54. The molecule has 1 aliphatic carbocycles. The molecule has 0 fully saturated rings. The van der Waals surface area contributed by atoms with Gasteiger partial charge < -0.3 is 9.80 Å². The maximum atomic E-state index is 2.45. The molecule has 0 spiro atoms. The van der Waals surface area contributed by atoms with E-state index in [9.17, 15) is 0 Å². The first kappa shape index (κ1) is 24.6. The number of allylic oxidation sites excluding steroid dienone is 1. The predicted molar refractivity (Wildman–Crippen MR) is 159 cm³/mol. The van der Waals surface area contributed by atoms with Crippen molar-refractivity contribution in [2.75, 3.05) is 9.80 Å². The lowest BCUT2D eigenvalue weighted by Crippen LogP contribution is -2.31. The molecule has 0 aromatic heterocycles. The molecule has 4 aromatic carbocycles. The van der Waals surface area contributed by atoms with E-state index in [1.165, 1.54) is 39.6 Å². The van der Waals surface area contributed by atoms with Crippen molar-refractivity contribution in [1.29, 1.82) is 0 Å². The molecule has 0 N–H and O–H groups in total. The highest BCUT2D eigenvalue weighted by atomic mass is 15.2. The molecule has 4 aromatic rings. The lowest BCUT2D eigenvalue weighted by molar-refractivity contribution is 0.590. The quantitative estimate of drug-likeness (QED) is 0.269. The second-order valence-corrected chi connectivity index (χ2v) is 10.8. The average molecular weight is 485 g/mol. The van der Waals surface area contributed by atoms with Crippen molar-refractivity contribution in [2.45, 2.75) is 45.6 Å². The van der Waals surface area contributed by atoms with Gasteiger partial charge in [-0.2, -0.15) is 0 Å². The Labute approximate surface area is 222 Å². The Morgan fingerprint density at radius 1 is 0.622 bits per heavy atom. The van der Waals surface area contributed by atoms with Gasteiger partial charge in [0.1, 0.15) is 0 Å². The van der Waals surface area contributed by atoms with E-state index in [1.807, 2.05) is 0 Å². The van der Waals surface area contributed by atoms with Crippen LogP contribution >= 0.6 is 0 Å². The van der Waals surface area contributed by atoms with Crippen molar-refractivity contribution in [3.05, 3.63) is 144 Å². The molecule has 1 atom stereocenters. The summed E-state index contributed by atoms with van der Waals surface area (Å²) in [5.74, 6) is 0. The minimum atomic E-state index is 0.134. The van der Waals surface area contributed by atoms with Gasteiger partial charge in [-0.15, -0.1) is 0 Å². The number of aryl methyl sites for hydroxylation is 1. The summed E-state index contributed by atoms with van der Waals surface area (Å²) in [4.78, 5) is 4.80. The van der Waals surface area contributed by atoms with E-state index in [0.29, 0.717) is 0 Å². The van der Waals surface area contributed by atoms with Crippen molar-refractivity contribution in [2.24, 2.45) is 0 Å². The fourth-order valence-electron chi connectivity index (χ4n) is 4.92. The smallest absolute Gasteiger partial charge is 0.0561 e. The summed E-state index contributed by atoms with van der Waals surface area (Å²) >= 11 is 0. The van der Waals surface area contributed by atoms with Crippen LogP contribution in [0, 0.1) is 6.92 Å². The molecule has 2 heteroatoms. The maximum Gasteiger partial charge on any atom is 0.0561 e. The standard InChI is InChI=1S/C35H36N2/c1-27-15-19-31(20-16-27)36(29-11-7-5-8-12-29)33-23-25-34(26-24-33)37(30-13-9-6-10-14-30)32-21-17-28(18-22-32)35(2,3)4/h5-25,34H,26H2,1-4H3. The lowest BCUT2D eigenvalue weighted by atomic mass is 9.87. The number of hydrogen-bond donors (Lipinski definition) is 0. The molecule has 5 rings (SSSR count). The Balaban J connectivity index is 1.48. The molecular weight excluding hydrogens is 448 g/mol. The lowest BCUT2D eigenvalue weighted by Gasteiger charge is -2.35. The minimum Gasteiger partial charge on any atom is -0.334 e. The van der Waals surface area contributed by atoms with Crippen LogP contribution in [0.4, 0.5) is 22.7 Å². The van der Waals surface area contributed by atoms with E-state index in [4.69, 9.17) is 0 Å². The molecule has 0 amide bonds. The molecule has 0 heterocycles. The molecule has 0 saturated carbocycles. The van der Waals surface area contributed by atoms with E-state index in [2.05, 4.69) is 165 Å². The predicted octanol–water partition coefficient (Wildman–Crippen LogP) is 9.48. The van der Waals surface area contributed by atoms with Gasteiger partial charge in [0.2, 0.25) is 0 Å². The number of benzene rings is 4. The molecule has 2 nitrogen and oxygen atoms in total. The normalized spacial score (nSPS) is 15.2. The Kier molecular flexibility index (Phi) is 7.01. The number of para-hydroxylation sites is 2. The molecule has 0 aliphatic heterocycles. The minimum absolute atomic E-state index is 0.134. The Hall–Kier alpha value is -4.04. The number of rotatable bonds is 6. The molecule has 0 radical (unpaired) electrons. The van der Waals surface area contributed by atoms with Crippen molar-refractivity contribution in [3.8, 4) is 0 Å². The van der Waals surface area contributed by atoms with E-state index < -0.39 is 0 Å². The van der Waals surface area contributed by atoms with Crippen molar-refractivity contribution in [3.63, 3.8) is 0 Å². The van der Waals surface area contributed by atoms with Crippen LogP contribution in [0.2, 0.25) is 0 Å². The Morgan fingerprint density at radius 3 is 1.68 bits per heavy atom. The fourth-order valence-corrected chi connectivity index (χ4v) is 4.92. The SMILES string of the molecule is Cc1ccc(N(C2=CCC(N(c3ccccc3)c3ccc(C(C)(C)C)cc3)C=C2)c2ccccc2)cc1. The van der Waals surface area contributed by atoms with Gasteiger partial charge in [-0.05, 0) is 78.9 Å². The number of nitrogens with zero attached hydrogens (tertiary/aromatic N) is 2. The highest BCUT2D eigenvalue weighted by Gasteiger charge is 2.23. The first-order valence-corrected chi connectivity index (χ1v) is 13.2. The highest BCUT2D eigenvalue weighted by molar-refractivity contribution is 5.71. The molecule has 1 aliphatic rings. The molecule has 1 unspecified atom stereocenters. The summed E-state index contributed by atoms with van der Waals surface area (Å²) in [6.07, 6.45) is 7.92. The van der Waals surface area contributed by atoms with Crippen LogP contribution in [0.1, 0.15) is 38.3 Å².